The molecular weight excluding hydrogens is 352 g/mol. The Bertz CT molecular complexity index is 960. The molecule has 3 heterocycles. The van der Waals surface area contributed by atoms with Crippen LogP contribution in [-0.2, 0) is 12.8 Å². The van der Waals surface area contributed by atoms with E-state index in [1.807, 2.05) is 12.3 Å². The molecule has 0 saturated carbocycles. The van der Waals surface area contributed by atoms with Gasteiger partial charge in [-0.2, -0.15) is 0 Å². The van der Waals surface area contributed by atoms with Crippen LogP contribution in [0.2, 0.25) is 0 Å². The summed E-state index contributed by atoms with van der Waals surface area (Å²) in [5, 5.41) is 6.24. The van der Waals surface area contributed by atoms with Gasteiger partial charge in [0.15, 0.2) is 5.13 Å². The van der Waals surface area contributed by atoms with E-state index in [-0.39, 0.29) is 5.91 Å². The summed E-state index contributed by atoms with van der Waals surface area (Å²) in [6.45, 7) is 4.14. The molecular formula is C18H20N4OS2. The number of fused-ring (bicyclic) bond motifs is 2. The predicted octanol–water partition coefficient (Wildman–Crippen LogP) is 4.41. The fourth-order valence-electron chi connectivity index (χ4n) is 3.35. The van der Waals surface area contributed by atoms with Gasteiger partial charge in [-0.05, 0) is 43.7 Å². The summed E-state index contributed by atoms with van der Waals surface area (Å²) >= 11 is 2.78. The van der Waals surface area contributed by atoms with Gasteiger partial charge in [-0.25, -0.2) is 9.97 Å². The number of aromatic nitrogens is 2. The number of carbonyl (C=O) groups excluding carboxylic acids is 1. The van der Waals surface area contributed by atoms with E-state index in [0.717, 1.165) is 34.7 Å². The molecule has 1 aliphatic carbocycles. The molecule has 0 spiro atoms. The third-order valence-electron chi connectivity index (χ3n) is 4.81. The molecule has 1 amide bonds. The maximum absolute atomic E-state index is 12.6. The number of thiazole rings is 1. The molecule has 5 nitrogen and oxygen atoms in total. The number of nitrogen functional groups attached to an aromatic ring is 1. The maximum Gasteiger partial charge on any atom is 0.269 e. The molecule has 0 saturated heterocycles. The van der Waals surface area contributed by atoms with Crippen LogP contribution in [-0.4, -0.2) is 15.9 Å². The van der Waals surface area contributed by atoms with Gasteiger partial charge in [0.05, 0.1) is 11.4 Å². The van der Waals surface area contributed by atoms with Crippen molar-refractivity contribution in [1.82, 2.24) is 9.97 Å². The zero-order valence-electron chi connectivity index (χ0n) is 14.3. The molecule has 130 valence electrons. The number of hydrogen-bond donors (Lipinski definition) is 2. The van der Waals surface area contributed by atoms with Gasteiger partial charge in [0.2, 0.25) is 0 Å². The minimum absolute atomic E-state index is 0.209. The van der Waals surface area contributed by atoms with Crippen molar-refractivity contribution >= 4 is 49.6 Å². The highest BCUT2D eigenvalue weighted by Gasteiger charge is 2.23. The smallest absolute Gasteiger partial charge is 0.269 e. The molecule has 1 aliphatic rings. The maximum atomic E-state index is 12.6. The highest BCUT2D eigenvalue weighted by molar-refractivity contribution is 7.21. The lowest BCUT2D eigenvalue weighted by atomic mass is 9.85. The molecule has 1 unspecified atom stereocenters. The number of anilines is 2. The Balaban J connectivity index is 1.69. The molecule has 3 aromatic heterocycles. The molecule has 4 rings (SSSR count). The van der Waals surface area contributed by atoms with Crippen LogP contribution in [0.5, 0.6) is 0 Å². The number of amides is 1. The van der Waals surface area contributed by atoms with E-state index >= 15 is 0 Å². The van der Waals surface area contributed by atoms with E-state index in [1.165, 1.54) is 46.8 Å². The second kappa shape index (κ2) is 6.38. The van der Waals surface area contributed by atoms with E-state index in [9.17, 15) is 4.79 Å². The Labute approximate surface area is 154 Å². The van der Waals surface area contributed by atoms with E-state index in [0.29, 0.717) is 15.7 Å². The first-order chi connectivity index (χ1) is 12.0. The van der Waals surface area contributed by atoms with Crippen molar-refractivity contribution in [2.75, 3.05) is 11.1 Å². The van der Waals surface area contributed by atoms with Crippen molar-refractivity contribution in [3.8, 4) is 0 Å². The van der Waals surface area contributed by atoms with Crippen molar-refractivity contribution < 1.29 is 4.79 Å². The molecule has 1 atom stereocenters. The van der Waals surface area contributed by atoms with Crippen LogP contribution < -0.4 is 11.1 Å². The SMILES string of the molecule is CCC1CCc2nc3sc(C(=O)Nc4nc(C)cs4)c(N)c3cc2C1. The quantitative estimate of drug-likeness (QED) is 0.713. The molecule has 0 bridgehead atoms. The molecule has 3 aromatic rings. The molecule has 0 radical (unpaired) electrons. The average Bonchev–Trinajstić information content (AvgIpc) is 3.16. The molecule has 0 fully saturated rings. The van der Waals surface area contributed by atoms with Crippen LogP contribution in [0.4, 0.5) is 10.8 Å². The first-order valence-electron chi connectivity index (χ1n) is 8.49. The van der Waals surface area contributed by atoms with Crippen LogP contribution in [0.3, 0.4) is 0 Å². The number of carbonyl (C=O) groups is 1. The number of nitrogens with two attached hydrogens (primary N) is 1. The first-order valence-corrected chi connectivity index (χ1v) is 10.2. The number of rotatable bonds is 3. The van der Waals surface area contributed by atoms with Crippen molar-refractivity contribution in [2.45, 2.75) is 39.5 Å². The minimum atomic E-state index is -0.209. The van der Waals surface area contributed by atoms with Gasteiger partial charge in [-0.1, -0.05) is 13.3 Å². The number of nitrogens with zero attached hydrogens (tertiary/aromatic N) is 2. The van der Waals surface area contributed by atoms with Crippen molar-refractivity contribution in [2.24, 2.45) is 5.92 Å². The van der Waals surface area contributed by atoms with Gasteiger partial charge in [0.1, 0.15) is 9.71 Å². The Kier molecular flexibility index (Phi) is 4.21. The van der Waals surface area contributed by atoms with Crippen LogP contribution >= 0.6 is 22.7 Å². The Morgan fingerprint density at radius 3 is 3.00 bits per heavy atom. The van der Waals surface area contributed by atoms with Gasteiger partial charge in [0, 0.05) is 16.5 Å². The zero-order valence-corrected chi connectivity index (χ0v) is 15.9. The average molecular weight is 373 g/mol. The van der Waals surface area contributed by atoms with E-state index < -0.39 is 0 Å². The standard InChI is InChI=1S/C18H20N4OS2/c1-3-10-4-5-13-11(6-10)7-12-14(19)15(25-17(12)21-13)16(23)22-18-20-9(2)8-24-18/h7-8,10H,3-6,19H2,1-2H3,(H,20,22,23). The Hall–Kier alpha value is -1.99. The first kappa shape index (κ1) is 16.5. The lowest BCUT2D eigenvalue weighted by molar-refractivity contribution is 0.103. The number of hydrogen-bond acceptors (Lipinski definition) is 6. The fraction of sp³-hybridized carbons (Fsp3) is 0.389. The Morgan fingerprint density at radius 2 is 2.28 bits per heavy atom. The second-order valence-electron chi connectivity index (χ2n) is 6.56. The van der Waals surface area contributed by atoms with Gasteiger partial charge in [-0.15, -0.1) is 22.7 Å². The van der Waals surface area contributed by atoms with Crippen molar-refractivity contribution in [1.29, 1.82) is 0 Å². The summed E-state index contributed by atoms with van der Waals surface area (Å²) < 4.78 is 0. The lowest BCUT2D eigenvalue weighted by Gasteiger charge is -2.22. The van der Waals surface area contributed by atoms with E-state index in [2.05, 4.69) is 23.3 Å². The summed E-state index contributed by atoms with van der Waals surface area (Å²) in [4.78, 5) is 23.0. The van der Waals surface area contributed by atoms with E-state index in [4.69, 9.17) is 10.7 Å². The number of thiophene rings is 1. The molecule has 25 heavy (non-hydrogen) atoms. The zero-order chi connectivity index (χ0) is 17.6. The summed E-state index contributed by atoms with van der Waals surface area (Å²) in [6, 6.07) is 2.15. The molecule has 0 aliphatic heterocycles. The van der Waals surface area contributed by atoms with Crippen LogP contribution in [0.25, 0.3) is 10.2 Å². The number of pyridine rings is 1. The van der Waals surface area contributed by atoms with Gasteiger partial charge >= 0.3 is 0 Å². The van der Waals surface area contributed by atoms with Gasteiger partial charge < -0.3 is 5.73 Å². The third-order valence-corrected chi connectivity index (χ3v) is 6.80. The molecule has 7 heteroatoms. The highest BCUT2D eigenvalue weighted by Crippen LogP contribution is 2.37. The minimum Gasteiger partial charge on any atom is -0.397 e. The van der Waals surface area contributed by atoms with Gasteiger partial charge in [0.25, 0.3) is 5.91 Å². The summed E-state index contributed by atoms with van der Waals surface area (Å²) in [5.74, 6) is 0.516. The van der Waals surface area contributed by atoms with E-state index in [1.54, 1.807) is 0 Å². The predicted molar refractivity (Wildman–Crippen MR) is 105 cm³/mol. The largest absolute Gasteiger partial charge is 0.397 e. The Morgan fingerprint density at radius 1 is 1.44 bits per heavy atom. The second-order valence-corrected chi connectivity index (χ2v) is 8.41. The third kappa shape index (κ3) is 3.02. The molecule has 0 aromatic carbocycles. The number of nitrogens with one attached hydrogen (secondary N) is 1. The fourth-order valence-corrected chi connectivity index (χ4v) is 5.02. The normalized spacial score (nSPS) is 16.8. The van der Waals surface area contributed by atoms with Crippen LogP contribution in [0.1, 0.15) is 46.4 Å². The van der Waals surface area contributed by atoms with Crippen molar-refractivity contribution in [3.63, 3.8) is 0 Å². The monoisotopic (exact) mass is 372 g/mol. The topological polar surface area (TPSA) is 80.9 Å². The van der Waals surface area contributed by atoms with Crippen LogP contribution in [0, 0.1) is 12.8 Å². The lowest BCUT2D eigenvalue weighted by Crippen LogP contribution is -2.14. The highest BCUT2D eigenvalue weighted by atomic mass is 32.1. The summed E-state index contributed by atoms with van der Waals surface area (Å²) in [6.07, 6.45) is 4.46. The van der Waals surface area contributed by atoms with Gasteiger partial charge in [-0.3, -0.25) is 10.1 Å². The summed E-state index contributed by atoms with van der Waals surface area (Å²) in [7, 11) is 0. The van der Waals surface area contributed by atoms with Crippen LogP contribution in [0.15, 0.2) is 11.4 Å². The van der Waals surface area contributed by atoms with Crippen molar-refractivity contribution in [3.05, 3.63) is 33.3 Å². The summed E-state index contributed by atoms with van der Waals surface area (Å²) in [5.41, 5.74) is 10.2. The number of aryl methyl sites for hydroxylation is 2. The molecule has 3 N–H and O–H groups in total.